The normalized spacial score (nSPS) is 21.9. The van der Waals surface area contributed by atoms with Gasteiger partial charge in [0.1, 0.15) is 12.4 Å². The molecular weight excluding hydrogens is 252 g/mol. The SMILES string of the molecule is Nc1ccc(OCCNC2CCS(=O)(=O)C2)cc1. The van der Waals surface area contributed by atoms with Crippen LogP contribution in [0.5, 0.6) is 5.75 Å². The number of nitrogen functional groups attached to an aromatic ring is 1. The highest BCUT2D eigenvalue weighted by Gasteiger charge is 2.26. The standard InChI is InChI=1S/C12H18N2O3S/c13-10-1-3-12(4-2-10)17-7-6-14-11-5-8-18(15,16)9-11/h1-4,11,14H,5-9,13H2. The number of ether oxygens (including phenoxy) is 1. The first-order chi connectivity index (χ1) is 8.55. The van der Waals surface area contributed by atoms with E-state index in [0.29, 0.717) is 31.0 Å². The quantitative estimate of drug-likeness (QED) is 0.599. The molecule has 0 aliphatic carbocycles. The van der Waals surface area contributed by atoms with Gasteiger partial charge in [-0.2, -0.15) is 0 Å². The van der Waals surface area contributed by atoms with E-state index in [-0.39, 0.29) is 11.8 Å². The minimum Gasteiger partial charge on any atom is -0.492 e. The molecule has 2 rings (SSSR count). The van der Waals surface area contributed by atoms with E-state index >= 15 is 0 Å². The van der Waals surface area contributed by atoms with Gasteiger partial charge in [0.2, 0.25) is 0 Å². The number of rotatable bonds is 5. The van der Waals surface area contributed by atoms with E-state index < -0.39 is 9.84 Å². The summed E-state index contributed by atoms with van der Waals surface area (Å²) in [6.07, 6.45) is 0.699. The van der Waals surface area contributed by atoms with Crippen LogP contribution in [-0.2, 0) is 9.84 Å². The van der Waals surface area contributed by atoms with Crippen LogP contribution in [0.4, 0.5) is 5.69 Å². The number of nitrogens with two attached hydrogens (primary N) is 1. The number of nitrogens with one attached hydrogen (secondary N) is 1. The molecule has 0 radical (unpaired) electrons. The van der Waals surface area contributed by atoms with Crippen molar-refractivity contribution in [3.63, 3.8) is 0 Å². The zero-order valence-electron chi connectivity index (χ0n) is 10.1. The zero-order valence-corrected chi connectivity index (χ0v) is 10.9. The first-order valence-electron chi connectivity index (χ1n) is 5.97. The van der Waals surface area contributed by atoms with Crippen LogP contribution in [-0.4, -0.2) is 39.1 Å². The summed E-state index contributed by atoms with van der Waals surface area (Å²) >= 11 is 0. The monoisotopic (exact) mass is 270 g/mol. The van der Waals surface area contributed by atoms with E-state index in [2.05, 4.69) is 5.32 Å². The fourth-order valence-corrected chi connectivity index (χ4v) is 3.66. The lowest BCUT2D eigenvalue weighted by atomic mass is 10.3. The van der Waals surface area contributed by atoms with Gasteiger partial charge in [0.25, 0.3) is 0 Å². The van der Waals surface area contributed by atoms with Gasteiger partial charge in [-0.1, -0.05) is 0 Å². The summed E-state index contributed by atoms with van der Waals surface area (Å²) < 4.78 is 28.0. The molecule has 0 bridgehead atoms. The topological polar surface area (TPSA) is 81.4 Å². The molecule has 1 aliphatic rings. The molecule has 1 unspecified atom stereocenters. The molecule has 1 aromatic rings. The predicted molar refractivity (Wildman–Crippen MR) is 71.4 cm³/mol. The first-order valence-corrected chi connectivity index (χ1v) is 7.79. The summed E-state index contributed by atoms with van der Waals surface area (Å²) in [4.78, 5) is 0. The highest BCUT2D eigenvalue weighted by Crippen LogP contribution is 2.13. The smallest absolute Gasteiger partial charge is 0.151 e. The molecule has 100 valence electrons. The van der Waals surface area contributed by atoms with Crippen molar-refractivity contribution in [2.24, 2.45) is 0 Å². The van der Waals surface area contributed by atoms with E-state index in [1.807, 2.05) is 12.1 Å². The van der Waals surface area contributed by atoms with Crippen LogP contribution in [0.25, 0.3) is 0 Å². The van der Waals surface area contributed by atoms with Gasteiger partial charge in [0.05, 0.1) is 11.5 Å². The molecule has 6 heteroatoms. The van der Waals surface area contributed by atoms with Crippen LogP contribution >= 0.6 is 0 Å². The second-order valence-electron chi connectivity index (χ2n) is 4.47. The molecular formula is C12H18N2O3S. The van der Waals surface area contributed by atoms with E-state index in [1.54, 1.807) is 12.1 Å². The van der Waals surface area contributed by atoms with Crippen molar-refractivity contribution >= 4 is 15.5 Å². The van der Waals surface area contributed by atoms with E-state index in [1.165, 1.54) is 0 Å². The van der Waals surface area contributed by atoms with Gasteiger partial charge in [-0.05, 0) is 30.7 Å². The van der Waals surface area contributed by atoms with Gasteiger partial charge in [0.15, 0.2) is 9.84 Å². The highest BCUT2D eigenvalue weighted by atomic mass is 32.2. The Hall–Kier alpha value is -1.27. The van der Waals surface area contributed by atoms with Gasteiger partial charge >= 0.3 is 0 Å². The van der Waals surface area contributed by atoms with E-state index in [4.69, 9.17) is 10.5 Å². The van der Waals surface area contributed by atoms with Gasteiger partial charge in [-0.15, -0.1) is 0 Å². The summed E-state index contributed by atoms with van der Waals surface area (Å²) in [5.74, 6) is 1.31. The second kappa shape index (κ2) is 5.58. The third-order valence-electron chi connectivity index (χ3n) is 2.92. The zero-order chi connectivity index (χ0) is 13.0. The third-order valence-corrected chi connectivity index (χ3v) is 4.68. The molecule has 0 amide bonds. The lowest BCUT2D eigenvalue weighted by Gasteiger charge is -2.11. The van der Waals surface area contributed by atoms with E-state index in [0.717, 1.165) is 5.75 Å². The molecule has 5 nitrogen and oxygen atoms in total. The summed E-state index contributed by atoms with van der Waals surface area (Å²) in [6.45, 7) is 1.16. The lowest BCUT2D eigenvalue weighted by molar-refractivity contribution is 0.307. The first kappa shape index (κ1) is 13.2. The Morgan fingerprint density at radius 1 is 1.33 bits per heavy atom. The van der Waals surface area contributed by atoms with Gasteiger partial charge in [0, 0.05) is 18.3 Å². The third kappa shape index (κ3) is 3.89. The van der Waals surface area contributed by atoms with Gasteiger partial charge < -0.3 is 15.8 Å². The Morgan fingerprint density at radius 3 is 2.67 bits per heavy atom. The maximum absolute atomic E-state index is 11.2. The number of hydrogen-bond acceptors (Lipinski definition) is 5. The Bertz CT molecular complexity index is 485. The lowest BCUT2D eigenvalue weighted by Crippen LogP contribution is -2.33. The number of anilines is 1. The van der Waals surface area contributed by atoms with Crippen molar-refractivity contribution in [2.45, 2.75) is 12.5 Å². The van der Waals surface area contributed by atoms with Crippen molar-refractivity contribution < 1.29 is 13.2 Å². The maximum Gasteiger partial charge on any atom is 0.151 e. The Kier molecular flexibility index (Phi) is 4.08. The molecule has 1 atom stereocenters. The van der Waals surface area contributed by atoms with Crippen molar-refractivity contribution in [2.75, 3.05) is 30.4 Å². The Balaban J connectivity index is 1.66. The molecule has 0 aromatic heterocycles. The molecule has 0 spiro atoms. The predicted octanol–water partition coefficient (Wildman–Crippen LogP) is 0.424. The summed E-state index contributed by atoms with van der Waals surface area (Å²) in [6, 6.07) is 7.27. The molecule has 18 heavy (non-hydrogen) atoms. The van der Waals surface area contributed by atoms with Crippen LogP contribution in [0.3, 0.4) is 0 Å². The maximum atomic E-state index is 11.2. The number of hydrogen-bond donors (Lipinski definition) is 2. The summed E-state index contributed by atoms with van der Waals surface area (Å²) in [7, 11) is -2.81. The minimum absolute atomic E-state index is 0.0741. The highest BCUT2D eigenvalue weighted by molar-refractivity contribution is 7.91. The molecule has 1 fully saturated rings. The fraction of sp³-hybridized carbons (Fsp3) is 0.500. The average molecular weight is 270 g/mol. The number of sulfone groups is 1. The molecule has 1 heterocycles. The van der Waals surface area contributed by atoms with Crippen LogP contribution in [0.1, 0.15) is 6.42 Å². The van der Waals surface area contributed by atoms with Crippen molar-refractivity contribution in [1.82, 2.24) is 5.32 Å². The largest absolute Gasteiger partial charge is 0.492 e. The van der Waals surface area contributed by atoms with Crippen molar-refractivity contribution in [3.05, 3.63) is 24.3 Å². The molecule has 1 saturated heterocycles. The Labute approximate surface area is 107 Å². The van der Waals surface area contributed by atoms with Crippen LogP contribution < -0.4 is 15.8 Å². The fourth-order valence-electron chi connectivity index (χ4n) is 1.95. The van der Waals surface area contributed by atoms with E-state index in [9.17, 15) is 8.42 Å². The van der Waals surface area contributed by atoms with Gasteiger partial charge in [-0.3, -0.25) is 0 Å². The van der Waals surface area contributed by atoms with Crippen molar-refractivity contribution in [3.8, 4) is 5.75 Å². The molecule has 3 N–H and O–H groups in total. The molecule has 1 aromatic carbocycles. The van der Waals surface area contributed by atoms with Crippen LogP contribution in [0.15, 0.2) is 24.3 Å². The summed E-state index contributed by atoms with van der Waals surface area (Å²) in [5, 5.41) is 3.19. The average Bonchev–Trinajstić information content (AvgIpc) is 2.67. The molecule has 1 aliphatic heterocycles. The summed E-state index contributed by atoms with van der Waals surface area (Å²) in [5.41, 5.74) is 6.27. The Morgan fingerprint density at radius 2 is 2.06 bits per heavy atom. The van der Waals surface area contributed by atoms with Crippen LogP contribution in [0, 0.1) is 0 Å². The van der Waals surface area contributed by atoms with Gasteiger partial charge in [-0.25, -0.2) is 8.42 Å². The minimum atomic E-state index is -2.81. The molecule has 0 saturated carbocycles. The second-order valence-corrected chi connectivity index (χ2v) is 6.70. The van der Waals surface area contributed by atoms with Crippen molar-refractivity contribution in [1.29, 1.82) is 0 Å². The van der Waals surface area contributed by atoms with Crippen LogP contribution in [0.2, 0.25) is 0 Å². The number of benzene rings is 1.